The molecule has 1 aliphatic rings. The summed E-state index contributed by atoms with van der Waals surface area (Å²) in [5.41, 5.74) is 6.17. The van der Waals surface area contributed by atoms with Gasteiger partial charge in [0.15, 0.2) is 14.6 Å². The van der Waals surface area contributed by atoms with E-state index in [2.05, 4.69) is 5.32 Å². The first-order valence-electron chi connectivity index (χ1n) is 9.98. The number of carbonyl (C=O) groups is 2. The third-order valence-electron chi connectivity index (χ3n) is 5.77. The number of nitrogens with two attached hydrogens (primary N) is 1. The molecular weight excluding hydrogens is 443 g/mol. The quantitative estimate of drug-likeness (QED) is 0.623. The van der Waals surface area contributed by atoms with Crippen molar-refractivity contribution in [3.05, 3.63) is 64.9 Å². The zero-order valence-corrected chi connectivity index (χ0v) is 18.4. The highest BCUT2D eigenvalue weighted by atomic mass is 35.5. The number of carbonyl (C=O) groups excluding carboxylic acids is 2. The van der Waals surface area contributed by atoms with E-state index < -0.39 is 38.1 Å². The van der Waals surface area contributed by atoms with Crippen LogP contribution in [0, 0.1) is 11.7 Å². The molecule has 0 heterocycles. The first kappa shape index (κ1) is 23.2. The van der Waals surface area contributed by atoms with E-state index in [0.717, 1.165) is 0 Å². The number of nitrogens with one attached hydrogen (secondary N) is 1. The molecule has 1 fully saturated rings. The zero-order chi connectivity index (χ0) is 22.6. The van der Waals surface area contributed by atoms with Crippen LogP contribution < -0.4 is 11.1 Å². The first-order chi connectivity index (χ1) is 14.7. The second-order valence-electron chi connectivity index (χ2n) is 7.80. The molecule has 0 bridgehead atoms. The van der Waals surface area contributed by atoms with Gasteiger partial charge in [-0.3, -0.25) is 9.59 Å². The number of benzene rings is 2. The second-order valence-corrected chi connectivity index (χ2v) is 10.5. The summed E-state index contributed by atoms with van der Waals surface area (Å²) in [6.45, 7) is -0.108. The number of hydrogen-bond donors (Lipinski definition) is 2. The van der Waals surface area contributed by atoms with Crippen LogP contribution in [-0.2, 0) is 25.8 Å². The van der Waals surface area contributed by atoms with E-state index >= 15 is 0 Å². The fourth-order valence-corrected chi connectivity index (χ4v) is 6.17. The third-order valence-corrected chi connectivity index (χ3v) is 8.54. The summed E-state index contributed by atoms with van der Waals surface area (Å²) in [4.78, 5) is 25.1. The maximum absolute atomic E-state index is 13.4. The highest BCUT2D eigenvalue weighted by Crippen LogP contribution is 2.41. The Kier molecular flexibility index (Phi) is 7.01. The van der Waals surface area contributed by atoms with Crippen molar-refractivity contribution in [3.8, 4) is 0 Å². The first-order valence-corrected chi connectivity index (χ1v) is 11.8. The minimum atomic E-state index is -3.98. The van der Waals surface area contributed by atoms with Crippen molar-refractivity contribution in [1.82, 2.24) is 5.32 Å². The molecule has 3 N–H and O–H groups in total. The number of amides is 2. The van der Waals surface area contributed by atoms with E-state index in [1.165, 1.54) is 48.5 Å². The van der Waals surface area contributed by atoms with E-state index in [-0.39, 0.29) is 30.7 Å². The smallest absolute Gasteiger partial charge is 0.241 e. The molecule has 2 aromatic rings. The molecule has 1 atom stereocenters. The van der Waals surface area contributed by atoms with E-state index in [4.69, 9.17) is 17.3 Å². The molecule has 2 amide bonds. The van der Waals surface area contributed by atoms with Crippen LogP contribution in [0.5, 0.6) is 0 Å². The molecule has 2 aromatic carbocycles. The lowest BCUT2D eigenvalue weighted by atomic mass is 9.98. The van der Waals surface area contributed by atoms with Crippen LogP contribution in [0.15, 0.2) is 53.4 Å². The molecule has 0 saturated heterocycles. The summed E-state index contributed by atoms with van der Waals surface area (Å²) in [7, 11) is -3.98. The maximum Gasteiger partial charge on any atom is 0.241 e. The van der Waals surface area contributed by atoms with Gasteiger partial charge in [-0.2, -0.15) is 0 Å². The average molecular weight is 467 g/mol. The molecule has 9 heteroatoms. The third kappa shape index (κ3) is 4.91. The van der Waals surface area contributed by atoms with Gasteiger partial charge < -0.3 is 11.1 Å². The van der Waals surface area contributed by atoms with Crippen LogP contribution in [0.25, 0.3) is 0 Å². The lowest BCUT2D eigenvalue weighted by Gasteiger charge is -2.28. The zero-order valence-electron chi connectivity index (χ0n) is 16.8. The van der Waals surface area contributed by atoms with Crippen molar-refractivity contribution in [2.45, 2.75) is 41.7 Å². The monoisotopic (exact) mass is 466 g/mol. The van der Waals surface area contributed by atoms with E-state index in [0.29, 0.717) is 23.4 Å². The molecule has 0 aliphatic heterocycles. The number of rotatable bonds is 8. The molecular formula is C22H24ClFN2O4S. The molecule has 0 radical (unpaired) electrons. The predicted octanol–water partition coefficient (Wildman–Crippen LogP) is 3.03. The van der Waals surface area contributed by atoms with Crippen LogP contribution in [0.1, 0.15) is 31.2 Å². The minimum Gasteiger partial charge on any atom is -0.369 e. The van der Waals surface area contributed by atoms with E-state index in [9.17, 15) is 22.4 Å². The van der Waals surface area contributed by atoms with Crippen molar-refractivity contribution in [2.75, 3.05) is 6.54 Å². The van der Waals surface area contributed by atoms with Gasteiger partial charge in [0, 0.05) is 11.6 Å². The summed E-state index contributed by atoms with van der Waals surface area (Å²) >= 11 is 5.87. The fourth-order valence-electron chi connectivity index (χ4n) is 3.96. The summed E-state index contributed by atoms with van der Waals surface area (Å²) in [6, 6.07) is 11.4. The summed E-state index contributed by atoms with van der Waals surface area (Å²) in [5, 5.41) is 3.04. The van der Waals surface area contributed by atoms with Crippen molar-refractivity contribution in [2.24, 2.45) is 11.7 Å². The van der Waals surface area contributed by atoms with Gasteiger partial charge in [0.1, 0.15) is 5.82 Å². The van der Waals surface area contributed by atoms with Gasteiger partial charge in [-0.15, -0.1) is 0 Å². The normalized spacial score (nSPS) is 16.6. The van der Waals surface area contributed by atoms with E-state index in [1.54, 1.807) is 0 Å². The van der Waals surface area contributed by atoms with Gasteiger partial charge in [-0.1, -0.05) is 36.6 Å². The average Bonchev–Trinajstić information content (AvgIpc) is 3.24. The topological polar surface area (TPSA) is 106 Å². The summed E-state index contributed by atoms with van der Waals surface area (Å²) in [6.07, 6.45) is 1.81. The Morgan fingerprint density at radius 3 is 2.19 bits per heavy atom. The predicted molar refractivity (Wildman–Crippen MR) is 116 cm³/mol. The van der Waals surface area contributed by atoms with Crippen LogP contribution >= 0.6 is 11.6 Å². The Balaban J connectivity index is 1.78. The Bertz CT molecular complexity index is 1050. The second kappa shape index (κ2) is 9.36. The summed E-state index contributed by atoms with van der Waals surface area (Å²) < 4.78 is 38.3. The lowest BCUT2D eigenvalue weighted by Crippen LogP contribution is -2.52. The maximum atomic E-state index is 13.4. The number of hydrogen-bond acceptors (Lipinski definition) is 4. The van der Waals surface area contributed by atoms with Crippen LogP contribution in [0.2, 0.25) is 5.02 Å². The highest BCUT2D eigenvalue weighted by Gasteiger charge is 2.52. The Morgan fingerprint density at radius 1 is 1.06 bits per heavy atom. The highest BCUT2D eigenvalue weighted by molar-refractivity contribution is 7.93. The van der Waals surface area contributed by atoms with Gasteiger partial charge in [-0.05, 0) is 61.2 Å². The Labute approximate surface area is 185 Å². The molecule has 6 nitrogen and oxygen atoms in total. The van der Waals surface area contributed by atoms with Crippen molar-refractivity contribution < 1.29 is 22.4 Å². The van der Waals surface area contributed by atoms with Crippen LogP contribution in [0.4, 0.5) is 4.39 Å². The van der Waals surface area contributed by atoms with Crippen molar-refractivity contribution in [1.29, 1.82) is 0 Å². The van der Waals surface area contributed by atoms with Gasteiger partial charge in [0.2, 0.25) is 11.8 Å². The van der Waals surface area contributed by atoms with Gasteiger partial charge in [0.25, 0.3) is 0 Å². The number of sulfone groups is 1. The summed E-state index contributed by atoms with van der Waals surface area (Å²) in [5.74, 6) is -2.43. The molecule has 3 rings (SSSR count). The molecule has 1 unspecified atom stereocenters. The molecule has 1 saturated carbocycles. The minimum absolute atomic E-state index is 0.0340. The molecule has 1 aliphatic carbocycles. The van der Waals surface area contributed by atoms with Gasteiger partial charge in [0.05, 0.1) is 10.8 Å². The van der Waals surface area contributed by atoms with Crippen LogP contribution in [-0.4, -0.2) is 31.5 Å². The van der Waals surface area contributed by atoms with Crippen molar-refractivity contribution >= 4 is 33.3 Å². The SMILES string of the molecule is NC(=O)C(CNC(=O)C1(S(=O)(=O)c2ccc(Cl)cc2)CCCC1)Cc1ccc(F)cc1. The van der Waals surface area contributed by atoms with Gasteiger partial charge in [-0.25, -0.2) is 12.8 Å². The van der Waals surface area contributed by atoms with E-state index in [1.807, 2.05) is 0 Å². The van der Waals surface area contributed by atoms with Gasteiger partial charge >= 0.3 is 0 Å². The molecule has 0 spiro atoms. The Hall–Kier alpha value is -2.45. The molecule has 0 aromatic heterocycles. The standard InChI is InChI=1S/C22H24ClFN2O4S/c23-17-5-9-19(10-6-17)31(29,30)22(11-1-2-12-22)21(28)26-14-16(20(25)27)13-15-3-7-18(24)8-4-15/h3-10,16H,1-2,11-14H2,(H2,25,27)(H,26,28). The Morgan fingerprint density at radius 2 is 1.65 bits per heavy atom. The molecule has 166 valence electrons. The fraction of sp³-hybridized carbons (Fsp3) is 0.364. The largest absolute Gasteiger partial charge is 0.369 e. The lowest BCUT2D eigenvalue weighted by molar-refractivity contribution is -0.124. The van der Waals surface area contributed by atoms with Crippen molar-refractivity contribution in [3.63, 3.8) is 0 Å². The van der Waals surface area contributed by atoms with Crippen LogP contribution in [0.3, 0.4) is 0 Å². The molecule has 31 heavy (non-hydrogen) atoms. The number of primary amides is 1. The number of halogens is 2.